The molecular weight excluding hydrogens is 180 g/mol. The third kappa shape index (κ3) is 8.70. The van der Waals surface area contributed by atoms with Crippen molar-refractivity contribution >= 4 is 5.91 Å². The SMILES string of the molecule is O=C(C[N+](=O)[O-])NCCOCCO. The van der Waals surface area contributed by atoms with E-state index in [4.69, 9.17) is 9.84 Å². The molecule has 13 heavy (non-hydrogen) atoms. The average molecular weight is 192 g/mol. The van der Waals surface area contributed by atoms with Gasteiger partial charge in [0, 0.05) is 11.5 Å². The molecular formula is C6H12N2O5. The molecule has 0 aromatic carbocycles. The molecule has 7 nitrogen and oxygen atoms in total. The van der Waals surface area contributed by atoms with Crippen LogP contribution in [-0.2, 0) is 9.53 Å². The molecule has 0 aromatic heterocycles. The first-order chi connectivity index (χ1) is 6.16. The molecule has 0 unspecified atom stereocenters. The number of hydrogen-bond donors (Lipinski definition) is 2. The van der Waals surface area contributed by atoms with Crippen molar-refractivity contribution in [3.63, 3.8) is 0 Å². The van der Waals surface area contributed by atoms with Crippen molar-refractivity contribution in [2.24, 2.45) is 0 Å². The quantitative estimate of drug-likeness (QED) is 0.287. The lowest BCUT2D eigenvalue weighted by atomic mass is 10.5. The van der Waals surface area contributed by atoms with Gasteiger partial charge in [-0.3, -0.25) is 14.9 Å². The molecule has 2 N–H and O–H groups in total. The summed E-state index contributed by atoms with van der Waals surface area (Å²) in [6, 6.07) is 0. The minimum Gasteiger partial charge on any atom is -0.394 e. The Morgan fingerprint density at radius 2 is 2.23 bits per heavy atom. The minimum absolute atomic E-state index is 0.0805. The van der Waals surface area contributed by atoms with Gasteiger partial charge in [0.1, 0.15) is 0 Å². The highest BCUT2D eigenvalue weighted by Crippen LogP contribution is 1.73. The summed E-state index contributed by atoms with van der Waals surface area (Å²) in [5, 5.41) is 20.4. The molecule has 0 bridgehead atoms. The summed E-state index contributed by atoms with van der Waals surface area (Å²) >= 11 is 0. The summed E-state index contributed by atoms with van der Waals surface area (Å²) in [5.41, 5.74) is 0. The predicted octanol–water partition coefficient (Wildman–Crippen LogP) is -1.61. The first kappa shape index (κ1) is 11.8. The summed E-state index contributed by atoms with van der Waals surface area (Å²) in [6.45, 7) is -0.148. The number of aliphatic hydroxyl groups is 1. The molecule has 0 saturated carbocycles. The first-order valence-corrected chi connectivity index (χ1v) is 3.74. The van der Waals surface area contributed by atoms with Gasteiger partial charge < -0.3 is 15.2 Å². The number of ether oxygens (including phenoxy) is 1. The maximum absolute atomic E-state index is 10.6. The largest absolute Gasteiger partial charge is 0.394 e. The molecule has 0 fully saturated rings. The third-order valence-electron chi connectivity index (χ3n) is 1.08. The van der Waals surface area contributed by atoms with E-state index in [2.05, 4.69) is 5.32 Å². The van der Waals surface area contributed by atoms with Gasteiger partial charge in [-0.25, -0.2) is 0 Å². The molecule has 0 saturated heterocycles. The van der Waals surface area contributed by atoms with E-state index in [1.54, 1.807) is 0 Å². The summed E-state index contributed by atoms with van der Waals surface area (Å²) in [7, 11) is 0. The zero-order chi connectivity index (χ0) is 10.1. The molecule has 0 aliphatic rings. The Morgan fingerprint density at radius 1 is 1.54 bits per heavy atom. The smallest absolute Gasteiger partial charge is 0.291 e. The van der Waals surface area contributed by atoms with Crippen LogP contribution in [-0.4, -0.2) is 48.8 Å². The van der Waals surface area contributed by atoms with E-state index in [0.717, 1.165) is 0 Å². The number of rotatable bonds is 7. The van der Waals surface area contributed by atoms with Crippen LogP contribution in [0.1, 0.15) is 0 Å². The molecule has 0 aliphatic heterocycles. The van der Waals surface area contributed by atoms with Crippen LogP contribution in [0, 0.1) is 10.1 Å². The Hall–Kier alpha value is -1.21. The number of nitrogens with zero attached hydrogens (tertiary/aromatic N) is 1. The van der Waals surface area contributed by atoms with E-state index in [0.29, 0.717) is 0 Å². The molecule has 0 aliphatic carbocycles. The van der Waals surface area contributed by atoms with Crippen molar-refractivity contribution in [3.8, 4) is 0 Å². The van der Waals surface area contributed by atoms with Gasteiger partial charge in [-0.05, 0) is 0 Å². The average Bonchev–Trinajstić information content (AvgIpc) is 2.02. The molecule has 0 aromatic rings. The van der Waals surface area contributed by atoms with E-state index < -0.39 is 17.4 Å². The Bertz CT molecular complexity index is 172. The zero-order valence-corrected chi connectivity index (χ0v) is 7.06. The Balaban J connectivity index is 3.22. The zero-order valence-electron chi connectivity index (χ0n) is 7.06. The van der Waals surface area contributed by atoms with Crippen molar-refractivity contribution in [1.29, 1.82) is 0 Å². The number of nitro groups is 1. The number of carbonyl (C=O) groups excluding carboxylic acids is 1. The normalized spacial score (nSPS) is 9.62. The van der Waals surface area contributed by atoms with Crippen molar-refractivity contribution < 1.29 is 19.6 Å². The van der Waals surface area contributed by atoms with Crippen molar-refractivity contribution in [3.05, 3.63) is 10.1 Å². The standard InChI is InChI=1S/C6H12N2O5/c9-2-4-13-3-1-7-6(10)5-8(11)12/h9H,1-5H2,(H,7,10). The minimum atomic E-state index is -0.722. The highest BCUT2D eigenvalue weighted by molar-refractivity contribution is 5.76. The molecule has 0 atom stereocenters. The number of hydrogen-bond acceptors (Lipinski definition) is 5. The summed E-state index contributed by atoms with van der Waals surface area (Å²) in [4.78, 5) is 19.7. The van der Waals surface area contributed by atoms with E-state index in [9.17, 15) is 14.9 Å². The third-order valence-corrected chi connectivity index (χ3v) is 1.08. The molecule has 0 spiro atoms. The number of carbonyl (C=O) groups is 1. The highest BCUT2D eigenvalue weighted by Gasteiger charge is 2.07. The van der Waals surface area contributed by atoms with Gasteiger partial charge in [0.15, 0.2) is 0 Å². The van der Waals surface area contributed by atoms with Gasteiger partial charge in [-0.2, -0.15) is 0 Å². The van der Waals surface area contributed by atoms with Crippen molar-refractivity contribution in [1.82, 2.24) is 5.32 Å². The highest BCUT2D eigenvalue weighted by atomic mass is 16.6. The Labute approximate surface area is 74.8 Å². The van der Waals surface area contributed by atoms with Crippen LogP contribution < -0.4 is 5.32 Å². The van der Waals surface area contributed by atoms with Crippen LogP contribution >= 0.6 is 0 Å². The second-order valence-corrected chi connectivity index (χ2v) is 2.18. The predicted molar refractivity (Wildman–Crippen MR) is 42.8 cm³/mol. The van der Waals surface area contributed by atoms with Crippen molar-refractivity contribution in [2.75, 3.05) is 32.9 Å². The first-order valence-electron chi connectivity index (χ1n) is 3.74. The number of aliphatic hydroxyl groups excluding tert-OH is 1. The fraction of sp³-hybridized carbons (Fsp3) is 0.833. The molecule has 0 radical (unpaired) electrons. The monoisotopic (exact) mass is 192 g/mol. The summed E-state index contributed by atoms with van der Waals surface area (Å²) < 4.78 is 4.80. The fourth-order valence-corrected chi connectivity index (χ4v) is 0.602. The van der Waals surface area contributed by atoms with E-state index in [-0.39, 0.29) is 26.4 Å². The van der Waals surface area contributed by atoms with Crippen LogP contribution in [0.5, 0.6) is 0 Å². The number of amides is 1. The molecule has 1 amide bonds. The second kappa shape index (κ2) is 7.44. The van der Waals surface area contributed by atoms with E-state index in [1.807, 2.05) is 0 Å². The van der Waals surface area contributed by atoms with Gasteiger partial charge >= 0.3 is 0 Å². The molecule has 0 heterocycles. The lowest BCUT2D eigenvalue weighted by Crippen LogP contribution is -2.32. The molecule has 0 rings (SSSR count). The van der Waals surface area contributed by atoms with Crippen LogP contribution in [0.25, 0.3) is 0 Å². The molecule has 76 valence electrons. The maximum Gasteiger partial charge on any atom is 0.291 e. The van der Waals surface area contributed by atoms with Gasteiger partial charge in [0.25, 0.3) is 12.5 Å². The van der Waals surface area contributed by atoms with Crippen LogP contribution in [0.2, 0.25) is 0 Å². The Kier molecular flexibility index (Phi) is 6.75. The maximum atomic E-state index is 10.6. The van der Waals surface area contributed by atoms with Gasteiger partial charge in [0.2, 0.25) is 0 Å². The summed E-state index contributed by atoms with van der Waals surface area (Å²) in [5.74, 6) is -0.641. The van der Waals surface area contributed by atoms with E-state index >= 15 is 0 Å². The van der Waals surface area contributed by atoms with Crippen molar-refractivity contribution in [2.45, 2.75) is 0 Å². The summed E-state index contributed by atoms with van der Waals surface area (Å²) in [6.07, 6.45) is 0. The van der Waals surface area contributed by atoms with Crippen LogP contribution in [0.4, 0.5) is 0 Å². The second-order valence-electron chi connectivity index (χ2n) is 2.18. The van der Waals surface area contributed by atoms with Gasteiger partial charge in [-0.15, -0.1) is 0 Å². The molecule has 7 heteroatoms. The van der Waals surface area contributed by atoms with Crippen LogP contribution in [0.15, 0.2) is 0 Å². The van der Waals surface area contributed by atoms with Gasteiger partial charge in [0.05, 0.1) is 19.8 Å². The fourth-order valence-electron chi connectivity index (χ4n) is 0.602. The van der Waals surface area contributed by atoms with Gasteiger partial charge in [-0.1, -0.05) is 0 Å². The van der Waals surface area contributed by atoms with E-state index in [1.165, 1.54) is 0 Å². The lowest BCUT2D eigenvalue weighted by molar-refractivity contribution is -0.467. The lowest BCUT2D eigenvalue weighted by Gasteiger charge is -2.02. The van der Waals surface area contributed by atoms with Crippen LogP contribution in [0.3, 0.4) is 0 Å². The number of nitrogens with one attached hydrogen (secondary N) is 1. The Morgan fingerprint density at radius 3 is 2.77 bits per heavy atom. The topological polar surface area (TPSA) is 102 Å².